The van der Waals surface area contributed by atoms with Gasteiger partial charge in [-0.3, -0.25) is 14.6 Å². The van der Waals surface area contributed by atoms with Gasteiger partial charge in [0, 0.05) is 24.5 Å². The summed E-state index contributed by atoms with van der Waals surface area (Å²) in [6.07, 6.45) is 2.80. The second-order valence-corrected chi connectivity index (χ2v) is 9.03. The Kier molecular flexibility index (Phi) is 11.3. The van der Waals surface area contributed by atoms with Crippen LogP contribution in [0.5, 0.6) is 0 Å². The fourth-order valence-electron chi connectivity index (χ4n) is 2.85. The van der Waals surface area contributed by atoms with Gasteiger partial charge < -0.3 is 27.2 Å². The quantitative estimate of drug-likeness (QED) is 0.177. The molecule has 0 fully saturated rings. The summed E-state index contributed by atoms with van der Waals surface area (Å²) in [4.78, 5) is 33.3. The molecular weight excluding hydrogens is 404 g/mol. The summed E-state index contributed by atoms with van der Waals surface area (Å²) in [6.45, 7) is 8.23. The van der Waals surface area contributed by atoms with Gasteiger partial charge in [-0.25, -0.2) is 4.98 Å². The number of thiazole rings is 1. The Morgan fingerprint density at radius 3 is 2.43 bits per heavy atom. The van der Waals surface area contributed by atoms with Crippen LogP contribution in [0.1, 0.15) is 64.5 Å². The highest BCUT2D eigenvalue weighted by Crippen LogP contribution is 2.22. The summed E-state index contributed by atoms with van der Waals surface area (Å²) < 4.78 is 0. The van der Waals surface area contributed by atoms with Crippen molar-refractivity contribution in [1.29, 1.82) is 0 Å². The van der Waals surface area contributed by atoms with Gasteiger partial charge in [-0.05, 0) is 31.1 Å². The Labute approximate surface area is 182 Å². The zero-order valence-electron chi connectivity index (χ0n) is 18.3. The van der Waals surface area contributed by atoms with Crippen molar-refractivity contribution < 1.29 is 14.7 Å². The molecule has 0 bridgehead atoms. The number of aliphatic hydroxyl groups excluding tert-OH is 1. The number of hydrogen-bond donors (Lipinski definition) is 5. The molecule has 30 heavy (non-hydrogen) atoms. The number of rotatable bonds is 13. The van der Waals surface area contributed by atoms with E-state index in [2.05, 4.69) is 20.6 Å². The Morgan fingerprint density at radius 2 is 1.90 bits per heavy atom. The Morgan fingerprint density at radius 1 is 1.20 bits per heavy atom. The van der Waals surface area contributed by atoms with Crippen molar-refractivity contribution in [3.05, 3.63) is 16.6 Å². The summed E-state index contributed by atoms with van der Waals surface area (Å²) in [5.41, 5.74) is 10.7. The molecule has 0 aliphatic carbocycles. The van der Waals surface area contributed by atoms with E-state index in [1.165, 1.54) is 11.3 Å². The van der Waals surface area contributed by atoms with Crippen LogP contribution in [0.2, 0.25) is 0 Å². The lowest BCUT2D eigenvalue weighted by molar-refractivity contribution is -0.131. The van der Waals surface area contributed by atoms with Crippen LogP contribution >= 0.6 is 11.3 Å². The second kappa shape index (κ2) is 13.2. The van der Waals surface area contributed by atoms with Gasteiger partial charge in [0.25, 0.3) is 0 Å². The van der Waals surface area contributed by atoms with Crippen molar-refractivity contribution in [2.75, 3.05) is 6.54 Å². The summed E-state index contributed by atoms with van der Waals surface area (Å²) in [5.74, 6) is -0.176. The highest BCUT2D eigenvalue weighted by molar-refractivity contribution is 7.09. The van der Waals surface area contributed by atoms with Crippen molar-refractivity contribution in [1.82, 2.24) is 15.6 Å². The maximum atomic E-state index is 13.0. The van der Waals surface area contributed by atoms with Gasteiger partial charge in [0.15, 0.2) is 5.96 Å². The molecule has 10 heteroatoms. The van der Waals surface area contributed by atoms with Gasteiger partial charge in [-0.15, -0.1) is 11.3 Å². The average molecular weight is 441 g/mol. The van der Waals surface area contributed by atoms with E-state index in [1.807, 2.05) is 27.7 Å². The molecule has 1 aromatic heterocycles. The molecule has 0 saturated heterocycles. The van der Waals surface area contributed by atoms with Crippen LogP contribution in [-0.4, -0.2) is 46.5 Å². The third-order valence-corrected chi connectivity index (χ3v) is 5.44. The topological polar surface area (TPSA) is 156 Å². The number of nitrogens with one attached hydrogen (secondary N) is 2. The van der Waals surface area contributed by atoms with E-state index >= 15 is 0 Å². The first-order valence-corrected chi connectivity index (χ1v) is 11.2. The van der Waals surface area contributed by atoms with Gasteiger partial charge in [-0.2, -0.15) is 0 Å². The van der Waals surface area contributed by atoms with Crippen LogP contribution < -0.4 is 22.1 Å². The number of carbonyl (C=O) groups excluding carboxylic acids is 2. The molecule has 0 aromatic carbocycles. The minimum Gasteiger partial charge on any atom is -0.384 e. The molecule has 0 unspecified atom stereocenters. The number of carbonyl (C=O) groups is 2. The van der Waals surface area contributed by atoms with Crippen LogP contribution in [0, 0.1) is 11.8 Å². The monoisotopic (exact) mass is 440 g/mol. The first kappa shape index (κ1) is 25.8. The fraction of sp³-hybridized carbons (Fsp3) is 0.700. The summed E-state index contributed by atoms with van der Waals surface area (Å²) >= 11 is 1.32. The van der Waals surface area contributed by atoms with Crippen LogP contribution in [0.15, 0.2) is 16.6 Å². The Balaban J connectivity index is 2.82. The van der Waals surface area contributed by atoms with Crippen molar-refractivity contribution in [3.63, 3.8) is 0 Å². The van der Waals surface area contributed by atoms with E-state index in [1.54, 1.807) is 11.6 Å². The molecular formula is C20H36N6O3S. The number of aliphatic hydroxyl groups is 1. The lowest BCUT2D eigenvalue weighted by Gasteiger charge is -2.27. The lowest BCUT2D eigenvalue weighted by Crippen LogP contribution is -2.53. The normalized spacial score (nSPS) is 14.2. The molecule has 0 spiro atoms. The van der Waals surface area contributed by atoms with E-state index in [0.29, 0.717) is 36.7 Å². The molecule has 0 aliphatic heterocycles. The molecule has 170 valence electrons. The number of hydrogen-bond acceptors (Lipinski definition) is 6. The summed E-state index contributed by atoms with van der Waals surface area (Å²) in [5, 5.41) is 18.7. The summed E-state index contributed by atoms with van der Waals surface area (Å²) in [6, 6.07) is -1.26. The molecule has 1 heterocycles. The van der Waals surface area contributed by atoms with Gasteiger partial charge in [0.1, 0.15) is 17.2 Å². The van der Waals surface area contributed by atoms with Crippen molar-refractivity contribution in [2.45, 2.75) is 71.6 Å². The van der Waals surface area contributed by atoms with E-state index in [9.17, 15) is 14.7 Å². The van der Waals surface area contributed by atoms with E-state index in [-0.39, 0.29) is 23.7 Å². The van der Waals surface area contributed by atoms with Crippen molar-refractivity contribution >= 4 is 29.1 Å². The van der Waals surface area contributed by atoms with Crippen LogP contribution in [-0.2, 0) is 9.59 Å². The lowest BCUT2D eigenvalue weighted by atomic mass is 10.00. The predicted molar refractivity (Wildman–Crippen MR) is 120 cm³/mol. The van der Waals surface area contributed by atoms with E-state index < -0.39 is 18.2 Å². The van der Waals surface area contributed by atoms with Crippen LogP contribution in [0.4, 0.5) is 0 Å². The highest BCUT2D eigenvalue weighted by Gasteiger charge is 2.30. The van der Waals surface area contributed by atoms with Gasteiger partial charge in [0.2, 0.25) is 11.8 Å². The third-order valence-electron chi connectivity index (χ3n) is 4.60. The van der Waals surface area contributed by atoms with Gasteiger partial charge in [-0.1, -0.05) is 27.7 Å². The number of aromatic nitrogens is 1. The van der Waals surface area contributed by atoms with E-state index in [0.717, 1.165) is 6.42 Å². The first-order chi connectivity index (χ1) is 14.1. The third kappa shape index (κ3) is 9.53. The number of nitrogens with two attached hydrogens (primary N) is 2. The molecule has 0 radical (unpaired) electrons. The standard InChI is InChI=1S/C20H36N6O3S/c1-12(2)7-8-15(27)26-16(13(3)4)18(29)25-14(6-5-9-24-20(21)22)17(28)19-23-10-11-30-19/h10-14,16-17,28H,5-9H2,1-4H3,(H,25,29)(H,26,27)(H4,21,22,24)/t14-,16-,17-/m0/s1. The molecule has 2 amide bonds. The number of amides is 2. The Hall–Kier alpha value is -2.20. The maximum Gasteiger partial charge on any atom is 0.243 e. The number of guanidine groups is 1. The minimum absolute atomic E-state index is 0.0000364. The van der Waals surface area contributed by atoms with Crippen LogP contribution in [0.25, 0.3) is 0 Å². The molecule has 1 rings (SSSR count). The molecule has 3 atom stereocenters. The molecule has 7 N–H and O–H groups in total. The highest BCUT2D eigenvalue weighted by atomic mass is 32.1. The Bertz CT molecular complexity index is 674. The van der Waals surface area contributed by atoms with E-state index in [4.69, 9.17) is 11.5 Å². The maximum absolute atomic E-state index is 13.0. The molecule has 1 aromatic rings. The van der Waals surface area contributed by atoms with Crippen molar-refractivity contribution in [3.8, 4) is 0 Å². The number of aliphatic imine (C=N–C) groups is 1. The predicted octanol–water partition coefficient (Wildman–Crippen LogP) is 1.29. The van der Waals surface area contributed by atoms with Gasteiger partial charge >= 0.3 is 0 Å². The van der Waals surface area contributed by atoms with Crippen molar-refractivity contribution in [2.24, 2.45) is 28.3 Å². The second-order valence-electron chi connectivity index (χ2n) is 8.10. The summed E-state index contributed by atoms with van der Waals surface area (Å²) in [7, 11) is 0. The van der Waals surface area contributed by atoms with Crippen LogP contribution in [0.3, 0.4) is 0 Å². The molecule has 9 nitrogen and oxygen atoms in total. The zero-order chi connectivity index (χ0) is 22.7. The minimum atomic E-state index is -0.961. The first-order valence-electron chi connectivity index (χ1n) is 10.3. The molecule has 0 saturated carbocycles. The number of nitrogens with zero attached hydrogens (tertiary/aromatic N) is 2. The smallest absolute Gasteiger partial charge is 0.243 e. The largest absolute Gasteiger partial charge is 0.384 e. The zero-order valence-corrected chi connectivity index (χ0v) is 19.1. The van der Waals surface area contributed by atoms with Gasteiger partial charge in [0.05, 0.1) is 6.04 Å². The SMILES string of the molecule is CC(C)CCC(=O)N[C@H](C(=O)N[C@@H](CCCN=C(N)N)[C@H](O)c1nccs1)C(C)C. The average Bonchev–Trinajstić information content (AvgIpc) is 3.20. The fourth-order valence-corrected chi connectivity index (χ4v) is 3.54. The molecule has 0 aliphatic rings.